The first-order valence-electron chi connectivity index (χ1n) is 6.75. The van der Waals surface area contributed by atoms with Crippen molar-refractivity contribution >= 4 is 17.2 Å². The van der Waals surface area contributed by atoms with Gasteiger partial charge in [-0.2, -0.15) is 5.10 Å². The highest BCUT2D eigenvalue weighted by Crippen LogP contribution is 2.28. The summed E-state index contributed by atoms with van der Waals surface area (Å²) in [7, 11) is 0. The maximum Gasteiger partial charge on any atom is 0.271 e. The average Bonchev–Trinajstić information content (AvgIpc) is 2.95. The Hall–Kier alpha value is -1.69. The van der Waals surface area contributed by atoms with Crippen molar-refractivity contribution in [2.75, 3.05) is 6.54 Å². The molecule has 2 rings (SSSR count). The number of aromatic nitrogens is 3. The van der Waals surface area contributed by atoms with Gasteiger partial charge in [0, 0.05) is 6.54 Å². The number of nitrogens with one attached hydrogen (secondary N) is 2. The zero-order valence-corrected chi connectivity index (χ0v) is 13.1. The van der Waals surface area contributed by atoms with E-state index in [-0.39, 0.29) is 5.91 Å². The van der Waals surface area contributed by atoms with Crippen LogP contribution < -0.4 is 5.32 Å². The minimum Gasteiger partial charge on any atom is -0.351 e. The van der Waals surface area contributed by atoms with E-state index in [4.69, 9.17) is 0 Å². The first-order chi connectivity index (χ1) is 9.47. The maximum atomic E-state index is 12.0. The molecule has 5 nitrogen and oxygen atoms in total. The number of rotatable bonds is 5. The number of carbonyl (C=O) groups excluding carboxylic acids is 1. The standard InChI is InChI=1S/C14H20N4OS/c1-8(2)5-6-15-14(19)12-7-11(17-18-12)13-9(3)16-10(4)20-13/h7-8H,5-6H2,1-4H3,(H,15,19)(H,17,18). The molecule has 1 amide bonds. The summed E-state index contributed by atoms with van der Waals surface area (Å²) in [5.41, 5.74) is 2.24. The van der Waals surface area contributed by atoms with Crippen molar-refractivity contribution in [2.24, 2.45) is 5.92 Å². The van der Waals surface area contributed by atoms with Gasteiger partial charge in [-0.15, -0.1) is 11.3 Å². The molecule has 0 spiro atoms. The molecule has 0 aliphatic heterocycles. The normalized spacial score (nSPS) is 11.1. The lowest BCUT2D eigenvalue weighted by Gasteiger charge is -2.04. The largest absolute Gasteiger partial charge is 0.351 e. The van der Waals surface area contributed by atoms with Crippen LogP contribution in [-0.2, 0) is 0 Å². The predicted octanol–water partition coefficient (Wildman–Crippen LogP) is 2.93. The van der Waals surface area contributed by atoms with Crippen LogP contribution in [0.3, 0.4) is 0 Å². The lowest BCUT2D eigenvalue weighted by molar-refractivity contribution is 0.0947. The third-order valence-corrected chi connectivity index (χ3v) is 4.07. The van der Waals surface area contributed by atoms with Crippen molar-refractivity contribution in [2.45, 2.75) is 34.1 Å². The van der Waals surface area contributed by atoms with E-state index >= 15 is 0 Å². The third kappa shape index (κ3) is 3.45. The van der Waals surface area contributed by atoms with Crippen molar-refractivity contribution in [3.8, 4) is 10.6 Å². The summed E-state index contributed by atoms with van der Waals surface area (Å²) in [4.78, 5) is 17.4. The van der Waals surface area contributed by atoms with Crippen LogP contribution in [0.25, 0.3) is 10.6 Å². The van der Waals surface area contributed by atoms with Crippen LogP contribution in [-0.4, -0.2) is 27.6 Å². The van der Waals surface area contributed by atoms with Crippen LogP contribution in [0, 0.1) is 19.8 Å². The number of carbonyl (C=O) groups is 1. The van der Waals surface area contributed by atoms with Gasteiger partial charge >= 0.3 is 0 Å². The molecule has 0 aromatic carbocycles. The Kier molecular flexibility index (Phi) is 4.54. The molecule has 0 radical (unpaired) electrons. The van der Waals surface area contributed by atoms with E-state index in [1.165, 1.54) is 0 Å². The Labute approximate surface area is 122 Å². The van der Waals surface area contributed by atoms with Gasteiger partial charge in [-0.25, -0.2) is 4.98 Å². The van der Waals surface area contributed by atoms with Crippen molar-refractivity contribution in [3.63, 3.8) is 0 Å². The minimum atomic E-state index is -0.132. The fraction of sp³-hybridized carbons (Fsp3) is 0.500. The van der Waals surface area contributed by atoms with Gasteiger partial charge in [0.25, 0.3) is 5.91 Å². The molecular formula is C14H20N4OS. The van der Waals surface area contributed by atoms with E-state index in [0.717, 1.165) is 27.7 Å². The molecule has 6 heteroatoms. The third-order valence-electron chi connectivity index (χ3n) is 2.97. The summed E-state index contributed by atoms with van der Waals surface area (Å²) >= 11 is 1.60. The smallest absolute Gasteiger partial charge is 0.271 e. The zero-order chi connectivity index (χ0) is 14.7. The molecule has 0 fully saturated rings. The molecule has 2 N–H and O–H groups in total. The second-order valence-corrected chi connectivity index (χ2v) is 6.46. The number of aryl methyl sites for hydroxylation is 2. The van der Waals surface area contributed by atoms with Crippen LogP contribution in [0.2, 0.25) is 0 Å². The summed E-state index contributed by atoms with van der Waals surface area (Å²) in [6.07, 6.45) is 0.968. The number of hydrogen-bond donors (Lipinski definition) is 2. The van der Waals surface area contributed by atoms with E-state index in [1.54, 1.807) is 17.4 Å². The molecule has 0 saturated carbocycles. The van der Waals surface area contributed by atoms with Gasteiger partial charge in [-0.3, -0.25) is 9.89 Å². The first kappa shape index (κ1) is 14.7. The summed E-state index contributed by atoms with van der Waals surface area (Å²) in [6.45, 7) is 8.87. The van der Waals surface area contributed by atoms with Crippen LogP contribution >= 0.6 is 11.3 Å². The van der Waals surface area contributed by atoms with Gasteiger partial charge in [-0.1, -0.05) is 13.8 Å². The Bertz CT molecular complexity index is 600. The van der Waals surface area contributed by atoms with Gasteiger partial charge in [0.1, 0.15) is 0 Å². The SMILES string of the molecule is Cc1nc(C)c(-c2cc(C(=O)NCCC(C)C)n[nH]2)s1. The minimum absolute atomic E-state index is 0.132. The van der Waals surface area contributed by atoms with E-state index < -0.39 is 0 Å². The van der Waals surface area contributed by atoms with Crippen molar-refractivity contribution in [1.82, 2.24) is 20.5 Å². The van der Waals surface area contributed by atoms with Crippen molar-refractivity contribution in [3.05, 3.63) is 22.5 Å². The zero-order valence-electron chi connectivity index (χ0n) is 12.3. The fourth-order valence-corrected chi connectivity index (χ4v) is 2.79. The van der Waals surface area contributed by atoms with Gasteiger partial charge in [-0.05, 0) is 32.3 Å². The van der Waals surface area contributed by atoms with Gasteiger partial charge in [0.15, 0.2) is 5.69 Å². The van der Waals surface area contributed by atoms with Gasteiger partial charge in [0.05, 0.1) is 21.3 Å². The van der Waals surface area contributed by atoms with E-state index in [1.807, 2.05) is 13.8 Å². The molecular weight excluding hydrogens is 272 g/mol. The number of nitrogens with zero attached hydrogens (tertiary/aromatic N) is 2. The summed E-state index contributed by atoms with van der Waals surface area (Å²) in [5, 5.41) is 10.9. The van der Waals surface area contributed by atoms with Crippen LogP contribution in [0.15, 0.2) is 6.07 Å². The number of amides is 1. The highest BCUT2D eigenvalue weighted by molar-refractivity contribution is 7.15. The molecule has 0 atom stereocenters. The maximum absolute atomic E-state index is 12.0. The number of H-pyrrole nitrogens is 1. The topological polar surface area (TPSA) is 70.7 Å². The van der Waals surface area contributed by atoms with Crippen LogP contribution in [0.1, 0.15) is 41.5 Å². The van der Waals surface area contributed by atoms with Crippen molar-refractivity contribution < 1.29 is 4.79 Å². The predicted molar refractivity (Wildman–Crippen MR) is 81.0 cm³/mol. The fourth-order valence-electron chi connectivity index (χ4n) is 1.90. The Morgan fingerprint density at radius 2 is 2.20 bits per heavy atom. The molecule has 108 valence electrons. The molecule has 0 bridgehead atoms. The van der Waals surface area contributed by atoms with Crippen molar-refractivity contribution in [1.29, 1.82) is 0 Å². The highest BCUT2D eigenvalue weighted by Gasteiger charge is 2.14. The van der Waals surface area contributed by atoms with E-state index in [0.29, 0.717) is 18.2 Å². The molecule has 0 aliphatic carbocycles. The summed E-state index contributed by atoms with van der Waals surface area (Å²) in [6, 6.07) is 1.78. The molecule has 0 saturated heterocycles. The molecule has 2 aromatic heterocycles. The molecule has 20 heavy (non-hydrogen) atoms. The van der Waals surface area contributed by atoms with Gasteiger partial charge in [0.2, 0.25) is 0 Å². The highest BCUT2D eigenvalue weighted by atomic mass is 32.1. The van der Waals surface area contributed by atoms with E-state index in [9.17, 15) is 4.79 Å². The Morgan fingerprint density at radius 1 is 1.45 bits per heavy atom. The lowest BCUT2D eigenvalue weighted by atomic mass is 10.1. The summed E-state index contributed by atoms with van der Waals surface area (Å²) in [5.74, 6) is 0.444. The second-order valence-electron chi connectivity index (χ2n) is 5.25. The average molecular weight is 292 g/mol. The molecule has 2 heterocycles. The molecule has 0 unspecified atom stereocenters. The first-order valence-corrected chi connectivity index (χ1v) is 7.57. The number of aromatic amines is 1. The van der Waals surface area contributed by atoms with Crippen LogP contribution in [0.5, 0.6) is 0 Å². The molecule has 0 aliphatic rings. The monoisotopic (exact) mass is 292 g/mol. The van der Waals surface area contributed by atoms with Crippen LogP contribution in [0.4, 0.5) is 0 Å². The Balaban J connectivity index is 2.05. The van der Waals surface area contributed by atoms with E-state index in [2.05, 4.69) is 34.3 Å². The number of thiazole rings is 1. The quantitative estimate of drug-likeness (QED) is 0.890. The number of hydrogen-bond acceptors (Lipinski definition) is 4. The molecule has 2 aromatic rings. The summed E-state index contributed by atoms with van der Waals surface area (Å²) < 4.78 is 0. The Morgan fingerprint density at radius 3 is 2.80 bits per heavy atom. The second kappa shape index (κ2) is 6.17. The van der Waals surface area contributed by atoms with Gasteiger partial charge < -0.3 is 5.32 Å². The lowest BCUT2D eigenvalue weighted by Crippen LogP contribution is -2.25.